The average molecular weight is 698 g/mol. The number of nitrogens with zero attached hydrogens (tertiary/aromatic N) is 1. The number of esters is 2. The van der Waals surface area contributed by atoms with Crippen molar-refractivity contribution in [2.75, 3.05) is 19.8 Å². The van der Waals surface area contributed by atoms with Crippen molar-refractivity contribution >= 4 is 35.7 Å². The maximum Gasteiger partial charge on any atom is 0.338 e. The molecule has 3 fully saturated rings. The third-order valence-corrected chi connectivity index (χ3v) is 11.2. The first-order chi connectivity index (χ1) is 23.5. The molecule has 7 rings (SSSR count). The number of ether oxygens (including phenoxy) is 2. The number of carboxylic acid groups (broad SMARTS) is 2. The first-order valence-electron chi connectivity index (χ1n) is 17.6. The second-order valence-corrected chi connectivity index (χ2v) is 15.2. The molecule has 3 saturated carbocycles. The number of allylic oxidation sites excluding steroid dienone is 5. The highest BCUT2D eigenvalue weighted by atomic mass is 16.5. The van der Waals surface area contributed by atoms with Crippen molar-refractivity contribution in [2.45, 2.75) is 78.7 Å². The summed E-state index contributed by atoms with van der Waals surface area (Å²) in [5, 5.41) is 28.2. The molecular formula is C38H51NO11. The van der Waals surface area contributed by atoms with Gasteiger partial charge in [-0.25, -0.2) is 4.79 Å². The van der Waals surface area contributed by atoms with Gasteiger partial charge in [-0.05, 0) is 87.4 Å². The molecule has 2 amide bonds. The van der Waals surface area contributed by atoms with Gasteiger partial charge in [-0.3, -0.25) is 28.9 Å². The number of carbonyl (C=O) groups is 6. The second-order valence-electron chi connectivity index (χ2n) is 15.2. The molecule has 274 valence electrons. The van der Waals surface area contributed by atoms with Gasteiger partial charge in [0.2, 0.25) is 0 Å². The van der Waals surface area contributed by atoms with Crippen LogP contribution in [-0.4, -0.2) is 81.3 Å². The molecule has 12 nitrogen and oxygen atoms in total. The Kier molecular flexibility index (Phi) is 12.0. The van der Waals surface area contributed by atoms with Crippen LogP contribution in [0.15, 0.2) is 48.6 Å². The van der Waals surface area contributed by atoms with Gasteiger partial charge in [-0.2, -0.15) is 0 Å². The van der Waals surface area contributed by atoms with Crippen molar-refractivity contribution in [2.24, 2.45) is 52.3 Å². The van der Waals surface area contributed by atoms with Gasteiger partial charge in [0.1, 0.15) is 6.54 Å². The number of aliphatic hydroxyl groups is 1. The zero-order chi connectivity index (χ0) is 37.0. The lowest BCUT2D eigenvalue weighted by molar-refractivity contribution is -0.167. The van der Waals surface area contributed by atoms with Crippen LogP contribution in [0.5, 0.6) is 0 Å². The fourth-order valence-corrected chi connectivity index (χ4v) is 8.59. The summed E-state index contributed by atoms with van der Waals surface area (Å²) in [6.07, 6.45) is 20.1. The summed E-state index contributed by atoms with van der Waals surface area (Å²) in [4.78, 5) is 67.1. The molecule has 0 spiro atoms. The predicted molar refractivity (Wildman–Crippen MR) is 181 cm³/mol. The predicted octanol–water partition coefficient (Wildman–Crippen LogP) is 4.33. The van der Waals surface area contributed by atoms with E-state index in [0.29, 0.717) is 36.7 Å². The zero-order valence-electron chi connectivity index (χ0n) is 29.6. The molecule has 12 heteroatoms. The number of imide groups is 1. The van der Waals surface area contributed by atoms with E-state index in [1.807, 2.05) is 6.08 Å². The highest BCUT2D eigenvalue weighted by Crippen LogP contribution is 2.60. The average Bonchev–Trinajstić information content (AvgIpc) is 3.92. The van der Waals surface area contributed by atoms with Crippen molar-refractivity contribution in [3.63, 3.8) is 0 Å². The molecule has 0 radical (unpaired) electrons. The van der Waals surface area contributed by atoms with Crippen LogP contribution in [-0.2, 0) is 38.2 Å². The number of rotatable bonds is 7. The number of fused-ring (bicyclic) bond motifs is 6. The lowest BCUT2D eigenvalue weighted by Crippen LogP contribution is -2.46. The minimum atomic E-state index is -1.23. The van der Waals surface area contributed by atoms with Gasteiger partial charge >= 0.3 is 23.9 Å². The van der Waals surface area contributed by atoms with E-state index in [0.717, 1.165) is 49.2 Å². The highest BCUT2D eigenvalue weighted by Gasteiger charge is 2.59. The maximum absolute atomic E-state index is 11.5. The van der Waals surface area contributed by atoms with E-state index in [2.05, 4.69) is 55.9 Å². The third kappa shape index (κ3) is 7.95. The number of amides is 2. The van der Waals surface area contributed by atoms with Crippen LogP contribution in [0.25, 0.3) is 0 Å². The van der Waals surface area contributed by atoms with Crippen molar-refractivity contribution in [3.05, 3.63) is 48.6 Å². The summed E-state index contributed by atoms with van der Waals surface area (Å²) in [6, 6.07) is 0. The normalized spacial score (nSPS) is 34.5. The molecule has 0 aromatic carbocycles. The standard InChI is InChI=1S/C12H18O2.C10H14O3.C8H9NO4.C8H10O2/c1-11(2,3)12(10(13)14)7-8-4-5-9(12)6-8;1-2-13-9(11)10(12)6-7-3-4-8(10)5-7;1-2-13-8(12)5-9-6(10)3-4-7(9)11;9-8(10)7-4-5-1-2-6(7)3-5/h4-5,8-9H,6-7H2,1-3H3,(H,13,14);3-4,7-8,12H,2,5-6H2,1H3;3-4H,2,5H2,1H3;1-2,5-7H,3-4H2,(H,9,10). The lowest BCUT2D eigenvalue weighted by Gasteiger charge is -2.42. The SMILES string of the molecule is CC(C)(C)C1(C(=O)O)CC2C=CC1C2.CCOC(=O)C1(O)CC2C=CC1C2.CCOC(=O)CN1C(=O)C=CC1=O.O=C(O)C1CC2C=CC1C2. The van der Waals surface area contributed by atoms with Gasteiger partial charge in [0.05, 0.1) is 24.5 Å². The monoisotopic (exact) mass is 697 g/mol. The van der Waals surface area contributed by atoms with Gasteiger partial charge in [-0.1, -0.05) is 57.2 Å². The van der Waals surface area contributed by atoms with Crippen LogP contribution in [0.3, 0.4) is 0 Å². The first kappa shape index (κ1) is 38.7. The smallest absolute Gasteiger partial charge is 0.338 e. The molecule has 0 aromatic heterocycles. The summed E-state index contributed by atoms with van der Waals surface area (Å²) in [5.41, 5.74) is -1.90. The van der Waals surface area contributed by atoms with E-state index in [1.165, 1.54) is 0 Å². The van der Waals surface area contributed by atoms with Crippen LogP contribution in [0, 0.1) is 52.3 Å². The molecule has 6 bridgehead atoms. The van der Waals surface area contributed by atoms with E-state index in [4.69, 9.17) is 9.84 Å². The first-order valence-corrected chi connectivity index (χ1v) is 17.6. The van der Waals surface area contributed by atoms with E-state index in [-0.39, 0.29) is 36.3 Å². The van der Waals surface area contributed by atoms with Crippen molar-refractivity contribution < 1.29 is 53.6 Å². The molecule has 9 atom stereocenters. The summed E-state index contributed by atoms with van der Waals surface area (Å²) in [6.45, 7) is 9.83. The Balaban J connectivity index is 0.000000151. The van der Waals surface area contributed by atoms with E-state index in [1.54, 1.807) is 13.8 Å². The van der Waals surface area contributed by atoms with Gasteiger partial charge in [0, 0.05) is 18.1 Å². The molecule has 0 saturated heterocycles. The second kappa shape index (κ2) is 15.4. The van der Waals surface area contributed by atoms with Crippen LogP contribution in [0.1, 0.15) is 73.1 Å². The third-order valence-electron chi connectivity index (χ3n) is 11.2. The zero-order valence-corrected chi connectivity index (χ0v) is 29.6. The Morgan fingerprint density at radius 3 is 1.68 bits per heavy atom. The Hall–Kier alpha value is -4.06. The summed E-state index contributed by atoms with van der Waals surface area (Å²) >= 11 is 0. The molecule has 7 aliphatic rings. The molecule has 3 N–H and O–H groups in total. The number of hydrogen-bond acceptors (Lipinski definition) is 9. The number of aliphatic carboxylic acids is 2. The quantitative estimate of drug-likeness (QED) is 0.195. The maximum atomic E-state index is 11.5. The Morgan fingerprint density at radius 2 is 1.34 bits per heavy atom. The van der Waals surface area contributed by atoms with Crippen LogP contribution < -0.4 is 0 Å². The molecule has 1 heterocycles. The van der Waals surface area contributed by atoms with Crippen LogP contribution in [0.2, 0.25) is 0 Å². The summed E-state index contributed by atoms with van der Waals surface area (Å²) < 4.78 is 9.45. The molecule has 0 aromatic rings. The molecule has 9 unspecified atom stereocenters. The van der Waals surface area contributed by atoms with Crippen LogP contribution >= 0.6 is 0 Å². The molecular weight excluding hydrogens is 646 g/mol. The van der Waals surface area contributed by atoms with Gasteiger partial charge in [0.15, 0.2) is 5.60 Å². The van der Waals surface area contributed by atoms with E-state index >= 15 is 0 Å². The Labute approximate surface area is 293 Å². The molecule has 50 heavy (non-hydrogen) atoms. The minimum Gasteiger partial charge on any atom is -0.481 e. The van der Waals surface area contributed by atoms with Crippen molar-refractivity contribution in [1.82, 2.24) is 4.90 Å². The van der Waals surface area contributed by atoms with Crippen LogP contribution in [0.4, 0.5) is 0 Å². The van der Waals surface area contributed by atoms with E-state index < -0.39 is 46.7 Å². The van der Waals surface area contributed by atoms with Gasteiger partial charge in [0.25, 0.3) is 11.8 Å². The Bertz CT molecular complexity index is 1450. The van der Waals surface area contributed by atoms with E-state index in [9.17, 15) is 39.0 Å². The largest absolute Gasteiger partial charge is 0.481 e. The van der Waals surface area contributed by atoms with Gasteiger partial charge in [-0.15, -0.1) is 0 Å². The molecule has 1 aliphatic heterocycles. The summed E-state index contributed by atoms with van der Waals surface area (Å²) in [7, 11) is 0. The lowest BCUT2D eigenvalue weighted by atomic mass is 9.60. The number of carboxylic acids is 2. The fourth-order valence-electron chi connectivity index (χ4n) is 8.59. The molecule has 6 aliphatic carbocycles. The minimum absolute atomic E-state index is 0.0171. The fraction of sp³-hybridized carbons (Fsp3) is 0.632. The van der Waals surface area contributed by atoms with Crippen molar-refractivity contribution in [1.29, 1.82) is 0 Å². The van der Waals surface area contributed by atoms with Crippen molar-refractivity contribution in [3.8, 4) is 0 Å². The number of hydrogen-bond donors (Lipinski definition) is 3. The highest BCUT2D eigenvalue weighted by molar-refractivity contribution is 6.14. The van der Waals surface area contributed by atoms with Gasteiger partial charge < -0.3 is 24.8 Å². The summed E-state index contributed by atoms with van der Waals surface area (Å²) in [5.74, 6) is -1.23. The topological polar surface area (TPSA) is 185 Å². The Morgan fingerprint density at radius 1 is 0.780 bits per heavy atom. The number of carbonyl (C=O) groups excluding carboxylic acids is 4.